The normalized spacial score (nSPS) is 17.5. The Kier molecular flexibility index (Phi) is 7.54. The molecule has 0 radical (unpaired) electrons. The van der Waals surface area contributed by atoms with Crippen molar-refractivity contribution in [3.05, 3.63) is 24.0 Å². The summed E-state index contributed by atoms with van der Waals surface area (Å²) >= 11 is 0. The van der Waals surface area contributed by atoms with E-state index in [1.165, 1.54) is 6.42 Å². The maximum Gasteiger partial charge on any atom is 0.242 e. The average Bonchev–Trinajstić information content (AvgIpc) is 3.47. The van der Waals surface area contributed by atoms with E-state index in [0.717, 1.165) is 50.6 Å². The fourth-order valence-corrected chi connectivity index (χ4v) is 4.17. The molecule has 0 aromatic carbocycles. The van der Waals surface area contributed by atoms with Crippen LogP contribution in [0, 0.1) is 5.92 Å². The molecule has 1 heterocycles. The predicted molar refractivity (Wildman–Crippen MR) is 109 cm³/mol. The summed E-state index contributed by atoms with van der Waals surface area (Å²) in [6, 6.07) is 4.40. The Morgan fingerprint density at radius 2 is 1.93 bits per heavy atom. The van der Waals surface area contributed by atoms with Gasteiger partial charge in [0, 0.05) is 51.2 Å². The second-order valence-corrected chi connectivity index (χ2v) is 8.30. The van der Waals surface area contributed by atoms with Gasteiger partial charge in [-0.1, -0.05) is 19.3 Å². The molecule has 6 heteroatoms. The number of carbonyl (C=O) groups excluding carboxylic acids is 2. The van der Waals surface area contributed by atoms with E-state index in [1.807, 2.05) is 24.2 Å². The summed E-state index contributed by atoms with van der Waals surface area (Å²) in [5, 5.41) is 0. The van der Waals surface area contributed by atoms with Crippen molar-refractivity contribution in [1.82, 2.24) is 14.4 Å². The fraction of sp³-hybridized carbons (Fsp3) is 0.727. The van der Waals surface area contributed by atoms with Crippen LogP contribution in [0.25, 0.3) is 0 Å². The Morgan fingerprint density at radius 3 is 2.54 bits per heavy atom. The number of rotatable bonds is 10. The topological polar surface area (TPSA) is 54.8 Å². The summed E-state index contributed by atoms with van der Waals surface area (Å²) in [6.45, 7) is 2.02. The van der Waals surface area contributed by atoms with Gasteiger partial charge < -0.3 is 19.1 Å². The maximum atomic E-state index is 13.2. The number of hydrogen-bond acceptors (Lipinski definition) is 3. The third kappa shape index (κ3) is 5.60. The van der Waals surface area contributed by atoms with E-state index in [1.54, 1.807) is 12.0 Å². The van der Waals surface area contributed by atoms with E-state index < -0.39 is 0 Å². The molecule has 0 unspecified atom stereocenters. The molecule has 2 saturated carbocycles. The number of aryl methyl sites for hydroxylation is 1. The minimum atomic E-state index is 0.0743. The van der Waals surface area contributed by atoms with E-state index in [2.05, 4.69) is 10.6 Å². The van der Waals surface area contributed by atoms with Gasteiger partial charge in [0.25, 0.3) is 0 Å². The van der Waals surface area contributed by atoms with Gasteiger partial charge in [-0.3, -0.25) is 9.59 Å². The molecule has 0 aliphatic heterocycles. The van der Waals surface area contributed by atoms with Gasteiger partial charge in [-0.2, -0.15) is 0 Å². The molecule has 0 atom stereocenters. The molecule has 2 amide bonds. The van der Waals surface area contributed by atoms with Crippen LogP contribution in [-0.4, -0.2) is 59.0 Å². The molecular formula is C22H35N3O3. The molecule has 0 spiro atoms. The zero-order chi connectivity index (χ0) is 19.9. The number of hydrogen-bond donors (Lipinski definition) is 0. The summed E-state index contributed by atoms with van der Waals surface area (Å²) in [5.41, 5.74) is 1.13. The van der Waals surface area contributed by atoms with Gasteiger partial charge in [-0.15, -0.1) is 0 Å². The van der Waals surface area contributed by atoms with Crippen LogP contribution >= 0.6 is 0 Å². The molecular weight excluding hydrogens is 354 g/mol. The SMILES string of the molecule is COCCCN(CC(=O)N(Cc1cccn1C)C1CC1)C(=O)C1CCCCC1. The van der Waals surface area contributed by atoms with Crippen LogP contribution in [-0.2, 0) is 27.9 Å². The summed E-state index contributed by atoms with van der Waals surface area (Å²) in [4.78, 5) is 30.1. The first-order chi connectivity index (χ1) is 13.6. The van der Waals surface area contributed by atoms with Gasteiger partial charge in [0.2, 0.25) is 11.8 Å². The number of carbonyl (C=O) groups is 2. The lowest BCUT2D eigenvalue weighted by atomic mass is 9.88. The van der Waals surface area contributed by atoms with Crippen molar-refractivity contribution in [2.45, 2.75) is 64.0 Å². The molecule has 6 nitrogen and oxygen atoms in total. The van der Waals surface area contributed by atoms with Crippen LogP contribution in [0.2, 0.25) is 0 Å². The number of aromatic nitrogens is 1. The van der Waals surface area contributed by atoms with Crippen LogP contribution < -0.4 is 0 Å². The average molecular weight is 390 g/mol. The molecule has 0 N–H and O–H groups in total. The summed E-state index contributed by atoms with van der Waals surface area (Å²) in [7, 11) is 3.68. The maximum absolute atomic E-state index is 13.2. The first-order valence-electron chi connectivity index (χ1n) is 10.8. The highest BCUT2D eigenvalue weighted by Crippen LogP contribution is 2.29. The minimum Gasteiger partial charge on any atom is -0.385 e. The lowest BCUT2D eigenvalue weighted by Gasteiger charge is -2.31. The van der Waals surface area contributed by atoms with Crippen molar-refractivity contribution in [2.75, 3.05) is 26.8 Å². The second kappa shape index (κ2) is 10.1. The van der Waals surface area contributed by atoms with E-state index in [9.17, 15) is 9.59 Å². The van der Waals surface area contributed by atoms with Crippen LogP contribution in [0.15, 0.2) is 18.3 Å². The molecule has 2 aliphatic carbocycles. The summed E-state index contributed by atoms with van der Waals surface area (Å²) in [5.74, 6) is 0.329. The van der Waals surface area contributed by atoms with Crippen LogP contribution in [0.4, 0.5) is 0 Å². The first kappa shape index (κ1) is 20.9. The van der Waals surface area contributed by atoms with E-state index >= 15 is 0 Å². The molecule has 1 aromatic rings. The van der Waals surface area contributed by atoms with Crippen molar-refractivity contribution < 1.29 is 14.3 Å². The van der Waals surface area contributed by atoms with E-state index in [4.69, 9.17) is 4.74 Å². The standard InChI is InChI=1S/C22H35N3O3/c1-23-13-6-10-20(23)16-25(19-11-12-19)21(26)17-24(14-7-15-28-2)22(27)18-8-4-3-5-9-18/h6,10,13,18-19H,3-5,7-9,11-12,14-17H2,1-2H3. The van der Waals surface area contributed by atoms with Gasteiger partial charge in [0.1, 0.15) is 0 Å². The van der Waals surface area contributed by atoms with Crippen LogP contribution in [0.5, 0.6) is 0 Å². The molecule has 156 valence electrons. The number of ether oxygens (including phenoxy) is 1. The molecule has 2 fully saturated rings. The second-order valence-electron chi connectivity index (χ2n) is 8.30. The van der Waals surface area contributed by atoms with E-state index in [0.29, 0.717) is 25.7 Å². The monoisotopic (exact) mass is 389 g/mol. The molecule has 0 bridgehead atoms. The number of amides is 2. The molecule has 3 rings (SSSR count). The molecule has 0 saturated heterocycles. The third-order valence-electron chi connectivity index (χ3n) is 6.06. The summed E-state index contributed by atoms with van der Waals surface area (Å²) < 4.78 is 7.23. The van der Waals surface area contributed by atoms with Crippen LogP contribution in [0.3, 0.4) is 0 Å². The van der Waals surface area contributed by atoms with Crippen molar-refractivity contribution >= 4 is 11.8 Å². The highest BCUT2D eigenvalue weighted by molar-refractivity contribution is 5.86. The van der Waals surface area contributed by atoms with Gasteiger partial charge in [0.05, 0.1) is 13.1 Å². The van der Waals surface area contributed by atoms with Gasteiger partial charge in [0.15, 0.2) is 0 Å². The quantitative estimate of drug-likeness (QED) is 0.578. The zero-order valence-electron chi connectivity index (χ0n) is 17.4. The Morgan fingerprint density at radius 1 is 1.18 bits per heavy atom. The Bertz CT molecular complexity index is 647. The van der Waals surface area contributed by atoms with Crippen molar-refractivity contribution in [1.29, 1.82) is 0 Å². The molecule has 1 aromatic heterocycles. The van der Waals surface area contributed by atoms with Gasteiger partial charge in [-0.05, 0) is 44.2 Å². The highest BCUT2D eigenvalue weighted by Gasteiger charge is 2.35. The number of methoxy groups -OCH3 is 1. The lowest BCUT2D eigenvalue weighted by Crippen LogP contribution is -2.46. The van der Waals surface area contributed by atoms with Crippen molar-refractivity contribution in [3.63, 3.8) is 0 Å². The molecule has 2 aliphatic rings. The Balaban J connectivity index is 1.65. The highest BCUT2D eigenvalue weighted by atomic mass is 16.5. The molecule has 28 heavy (non-hydrogen) atoms. The number of nitrogens with zero attached hydrogens (tertiary/aromatic N) is 3. The zero-order valence-corrected chi connectivity index (χ0v) is 17.4. The van der Waals surface area contributed by atoms with Crippen molar-refractivity contribution in [2.24, 2.45) is 13.0 Å². The van der Waals surface area contributed by atoms with Gasteiger partial charge in [-0.25, -0.2) is 0 Å². The fourth-order valence-electron chi connectivity index (χ4n) is 4.17. The Labute approximate surface area is 168 Å². The predicted octanol–water partition coefficient (Wildman–Crippen LogP) is 2.96. The Hall–Kier alpha value is -1.82. The van der Waals surface area contributed by atoms with Gasteiger partial charge >= 0.3 is 0 Å². The lowest BCUT2D eigenvalue weighted by molar-refractivity contribution is -0.144. The first-order valence-corrected chi connectivity index (χ1v) is 10.8. The smallest absolute Gasteiger partial charge is 0.242 e. The largest absolute Gasteiger partial charge is 0.385 e. The van der Waals surface area contributed by atoms with E-state index in [-0.39, 0.29) is 24.3 Å². The third-order valence-corrected chi connectivity index (χ3v) is 6.06. The van der Waals surface area contributed by atoms with Crippen LogP contribution in [0.1, 0.15) is 57.1 Å². The minimum absolute atomic E-state index is 0.0743. The summed E-state index contributed by atoms with van der Waals surface area (Å²) in [6.07, 6.45) is 10.3. The van der Waals surface area contributed by atoms with Crippen molar-refractivity contribution in [3.8, 4) is 0 Å².